The largest absolute Gasteiger partial charge is 0.309 e. The van der Waals surface area contributed by atoms with Crippen molar-refractivity contribution >= 4 is 43.5 Å². The molecule has 0 saturated heterocycles. The van der Waals surface area contributed by atoms with Gasteiger partial charge in [0.25, 0.3) is 0 Å². The lowest BCUT2D eigenvalue weighted by Gasteiger charge is -2.13. The molecule has 0 unspecified atom stereocenters. The van der Waals surface area contributed by atoms with Crippen LogP contribution in [0.1, 0.15) is 0 Å². The predicted octanol–water partition coefficient (Wildman–Crippen LogP) is 13.6. The topological polar surface area (TPSA) is 43.6 Å². The van der Waals surface area contributed by atoms with Crippen LogP contribution in [0.2, 0.25) is 0 Å². The fourth-order valence-corrected chi connectivity index (χ4v) is 8.32. The Balaban J connectivity index is 1.07. The summed E-state index contributed by atoms with van der Waals surface area (Å²) in [6.45, 7) is 0. The highest BCUT2D eigenvalue weighted by molar-refractivity contribution is 6.29. The Morgan fingerprint density at radius 3 is 1.68 bits per heavy atom. The van der Waals surface area contributed by atoms with Gasteiger partial charge >= 0.3 is 0 Å². The van der Waals surface area contributed by atoms with Gasteiger partial charge in [-0.05, 0) is 53.6 Å². The molecule has 0 bridgehead atoms. The van der Waals surface area contributed by atoms with Crippen molar-refractivity contribution in [1.82, 2.24) is 19.5 Å². The summed E-state index contributed by atoms with van der Waals surface area (Å²) in [6.07, 6.45) is 0. The van der Waals surface area contributed by atoms with Crippen LogP contribution in [0.25, 0.3) is 105 Å². The molecular weight excluding hydrogens is 693 g/mol. The van der Waals surface area contributed by atoms with Crippen molar-refractivity contribution in [2.24, 2.45) is 0 Å². The number of nitrogens with zero attached hydrogens (tertiary/aromatic N) is 4. The van der Waals surface area contributed by atoms with Gasteiger partial charge in [-0.2, -0.15) is 0 Å². The lowest BCUT2D eigenvalue weighted by molar-refractivity contribution is 1.18. The van der Waals surface area contributed by atoms with Crippen molar-refractivity contribution in [2.45, 2.75) is 0 Å². The van der Waals surface area contributed by atoms with E-state index in [4.69, 9.17) is 15.0 Å². The fraction of sp³-hybridized carbons (Fsp3) is 0. The Morgan fingerprint density at radius 1 is 0.316 bits per heavy atom. The van der Waals surface area contributed by atoms with Crippen LogP contribution in [0.3, 0.4) is 0 Å². The maximum absolute atomic E-state index is 5.34. The lowest BCUT2D eigenvalue weighted by Crippen LogP contribution is -1.96. The molecule has 0 spiro atoms. The summed E-state index contributed by atoms with van der Waals surface area (Å²) in [5.74, 6) is 0.693. The van der Waals surface area contributed by atoms with Crippen molar-refractivity contribution in [3.8, 4) is 62.0 Å². The smallest absolute Gasteiger partial charge is 0.160 e. The summed E-state index contributed by atoms with van der Waals surface area (Å²) in [5.41, 5.74) is 13.6. The third kappa shape index (κ3) is 5.66. The summed E-state index contributed by atoms with van der Waals surface area (Å²) in [7, 11) is 0. The first kappa shape index (κ1) is 32.7. The quantitative estimate of drug-likeness (QED) is 0.160. The molecular formula is C53H34N4. The average molecular weight is 727 g/mol. The molecule has 57 heavy (non-hydrogen) atoms. The number of benzene rings is 8. The van der Waals surface area contributed by atoms with Gasteiger partial charge in [0.2, 0.25) is 0 Å². The number of para-hydroxylation sites is 3. The number of rotatable bonds is 6. The average Bonchev–Trinajstić information content (AvgIpc) is 3.64. The van der Waals surface area contributed by atoms with E-state index >= 15 is 0 Å². The molecule has 0 aliphatic heterocycles. The minimum absolute atomic E-state index is 0.693. The highest BCUT2D eigenvalue weighted by atomic mass is 15.0. The van der Waals surface area contributed by atoms with Crippen LogP contribution in [0, 0.1) is 0 Å². The van der Waals surface area contributed by atoms with Gasteiger partial charge in [0.05, 0.1) is 33.6 Å². The number of hydrogen-bond acceptors (Lipinski definition) is 3. The molecule has 0 aliphatic carbocycles. The van der Waals surface area contributed by atoms with Crippen molar-refractivity contribution < 1.29 is 0 Å². The molecule has 4 heteroatoms. The molecule has 0 radical (unpaired) electrons. The van der Waals surface area contributed by atoms with E-state index in [0.29, 0.717) is 5.82 Å². The molecule has 0 aliphatic rings. The third-order valence-corrected chi connectivity index (χ3v) is 11.0. The minimum atomic E-state index is 0.693. The van der Waals surface area contributed by atoms with Crippen LogP contribution < -0.4 is 0 Å². The predicted molar refractivity (Wildman–Crippen MR) is 236 cm³/mol. The summed E-state index contributed by atoms with van der Waals surface area (Å²) < 4.78 is 2.38. The van der Waals surface area contributed by atoms with E-state index in [-0.39, 0.29) is 0 Å². The second-order valence-electron chi connectivity index (χ2n) is 14.4. The Bertz CT molecular complexity index is 3260. The SMILES string of the molecule is c1ccc(-c2cccc(-c3cc(-c4ccc(-c5nc6ccccc6c6c5ccc5c6c6ccccc6n5-c5ccccc5)cc4)nc(-c4ccccc4)n3)c2)cc1. The Morgan fingerprint density at radius 2 is 0.912 bits per heavy atom. The van der Waals surface area contributed by atoms with Crippen molar-refractivity contribution in [2.75, 3.05) is 0 Å². The van der Waals surface area contributed by atoms with Gasteiger partial charge in [0, 0.05) is 54.9 Å². The van der Waals surface area contributed by atoms with Crippen LogP contribution in [-0.2, 0) is 0 Å². The van der Waals surface area contributed by atoms with Gasteiger partial charge in [-0.15, -0.1) is 0 Å². The van der Waals surface area contributed by atoms with Crippen LogP contribution in [0.4, 0.5) is 0 Å². The minimum Gasteiger partial charge on any atom is -0.309 e. The maximum atomic E-state index is 5.34. The summed E-state index contributed by atoms with van der Waals surface area (Å²) in [5, 5.41) is 5.95. The summed E-state index contributed by atoms with van der Waals surface area (Å²) in [4.78, 5) is 15.6. The second kappa shape index (κ2) is 13.6. The Hall–Kier alpha value is -7.69. The van der Waals surface area contributed by atoms with E-state index in [1.54, 1.807) is 0 Å². The van der Waals surface area contributed by atoms with E-state index < -0.39 is 0 Å². The first-order valence-electron chi connectivity index (χ1n) is 19.3. The number of fused-ring (bicyclic) bond motifs is 7. The highest BCUT2D eigenvalue weighted by Crippen LogP contribution is 2.42. The summed E-state index contributed by atoms with van der Waals surface area (Å²) in [6, 6.07) is 72.5. The fourth-order valence-electron chi connectivity index (χ4n) is 8.32. The molecule has 4 nitrogen and oxygen atoms in total. The standard InChI is InChI=1S/C53H34N4/c1-4-15-35(16-5-1)39-19-14-20-40(33-39)47-34-46(55-53(56-47)38-17-6-2-7-18-38)36-27-29-37(30-28-36)52-44-31-32-49-51(50(44)42-23-10-12-25-45(42)54-52)43-24-11-13-26-48(43)57(49)41-21-8-3-9-22-41/h1-34H. The van der Waals surface area contributed by atoms with Crippen LogP contribution in [0.15, 0.2) is 206 Å². The van der Waals surface area contributed by atoms with E-state index in [2.05, 4.69) is 187 Å². The molecule has 0 amide bonds. The molecule has 0 fully saturated rings. The molecule has 11 rings (SSSR count). The monoisotopic (exact) mass is 726 g/mol. The van der Waals surface area contributed by atoms with Gasteiger partial charge in [-0.3, -0.25) is 0 Å². The molecule has 266 valence electrons. The maximum Gasteiger partial charge on any atom is 0.160 e. The van der Waals surface area contributed by atoms with Gasteiger partial charge in [0.15, 0.2) is 5.82 Å². The number of aromatic nitrogens is 4. The second-order valence-corrected chi connectivity index (χ2v) is 14.4. The molecule has 3 heterocycles. The lowest BCUT2D eigenvalue weighted by atomic mass is 9.95. The van der Waals surface area contributed by atoms with Gasteiger partial charge in [-0.1, -0.05) is 164 Å². The van der Waals surface area contributed by atoms with Crippen molar-refractivity contribution in [1.29, 1.82) is 0 Å². The molecule has 3 aromatic heterocycles. The first-order valence-corrected chi connectivity index (χ1v) is 19.3. The number of pyridine rings is 1. The summed E-state index contributed by atoms with van der Waals surface area (Å²) >= 11 is 0. The van der Waals surface area contributed by atoms with Crippen LogP contribution >= 0.6 is 0 Å². The van der Waals surface area contributed by atoms with E-state index in [1.807, 2.05) is 24.3 Å². The van der Waals surface area contributed by atoms with Crippen molar-refractivity contribution in [3.63, 3.8) is 0 Å². The third-order valence-electron chi connectivity index (χ3n) is 11.0. The zero-order valence-electron chi connectivity index (χ0n) is 30.9. The Labute approximate surface area is 330 Å². The van der Waals surface area contributed by atoms with Crippen LogP contribution in [0.5, 0.6) is 0 Å². The molecule has 8 aromatic carbocycles. The van der Waals surface area contributed by atoms with E-state index in [9.17, 15) is 0 Å². The van der Waals surface area contributed by atoms with Gasteiger partial charge < -0.3 is 4.57 Å². The normalized spacial score (nSPS) is 11.5. The zero-order valence-corrected chi connectivity index (χ0v) is 30.9. The van der Waals surface area contributed by atoms with Gasteiger partial charge in [0.1, 0.15) is 0 Å². The highest BCUT2D eigenvalue weighted by Gasteiger charge is 2.20. The van der Waals surface area contributed by atoms with Crippen molar-refractivity contribution in [3.05, 3.63) is 206 Å². The van der Waals surface area contributed by atoms with E-state index in [1.165, 1.54) is 32.8 Å². The Kier molecular flexibility index (Phi) is 7.78. The van der Waals surface area contributed by atoms with Crippen LogP contribution in [-0.4, -0.2) is 19.5 Å². The van der Waals surface area contributed by atoms with E-state index in [0.717, 1.165) is 66.9 Å². The molecule has 11 aromatic rings. The number of hydrogen-bond donors (Lipinski definition) is 0. The molecule has 0 saturated carbocycles. The first-order chi connectivity index (χ1) is 28.3. The molecule has 0 N–H and O–H groups in total. The zero-order chi connectivity index (χ0) is 37.7. The van der Waals surface area contributed by atoms with Gasteiger partial charge in [-0.25, -0.2) is 15.0 Å². The molecule has 0 atom stereocenters.